The Morgan fingerprint density at radius 3 is 2.62 bits per heavy atom. The van der Waals surface area contributed by atoms with Gasteiger partial charge in [-0.2, -0.15) is 13.2 Å². The third-order valence-corrected chi connectivity index (χ3v) is 3.47. The molecular weight excluding hydrogens is 287 g/mol. The smallest absolute Gasteiger partial charge is 0.418 e. The van der Waals surface area contributed by atoms with E-state index >= 15 is 0 Å². The molecule has 1 amide bonds. The van der Waals surface area contributed by atoms with Crippen LogP contribution in [0.15, 0.2) is 18.2 Å². The molecule has 1 atom stereocenters. The lowest BCUT2D eigenvalue weighted by Gasteiger charge is -2.23. The van der Waals surface area contributed by atoms with Crippen molar-refractivity contribution in [3.05, 3.63) is 29.3 Å². The largest absolute Gasteiger partial charge is 0.469 e. The Bertz CT molecular complexity index is 583. The highest BCUT2D eigenvalue weighted by molar-refractivity contribution is 6.00. The molecule has 21 heavy (non-hydrogen) atoms. The van der Waals surface area contributed by atoms with Crippen LogP contribution in [0.2, 0.25) is 0 Å². The summed E-state index contributed by atoms with van der Waals surface area (Å²) in [6, 6.07) is 3.73. The minimum atomic E-state index is -4.56. The zero-order valence-corrected chi connectivity index (χ0v) is 11.5. The average Bonchev–Trinajstić information content (AvgIpc) is 2.78. The molecule has 0 aliphatic carbocycles. The Hall–Kier alpha value is -2.05. The molecule has 1 aliphatic rings. The molecule has 0 saturated carbocycles. The van der Waals surface area contributed by atoms with E-state index in [-0.39, 0.29) is 18.7 Å². The van der Waals surface area contributed by atoms with Crippen molar-refractivity contribution in [1.29, 1.82) is 0 Å². The van der Waals surface area contributed by atoms with Gasteiger partial charge in [-0.15, -0.1) is 0 Å². The summed E-state index contributed by atoms with van der Waals surface area (Å²) in [6.45, 7) is 1.41. The number of carbonyl (C=O) groups is 2. The van der Waals surface area contributed by atoms with Crippen LogP contribution in [0.5, 0.6) is 0 Å². The van der Waals surface area contributed by atoms with Gasteiger partial charge >= 0.3 is 12.1 Å². The van der Waals surface area contributed by atoms with Crippen molar-refractivity contribution in [1.82, 2.24) is 0 Å². The fourth-order valence-electron chi connectivity index (χ4n) is 2.49. The van der Waals surface area contributed by atoms with E-state index in [0.29, 0.717) is 5.56 Å². The number of carbonyl (C=O) groups excluding carboxylic acids is 2. The van der Waals surface area contributed by atoms with Gasteiger partial charge in [0.15, 0.2) is 0 Å². The fraction of sp³-hybridized carbons (Fsp3) is 0.429. The van der Waals surface area contributed by atoms with Gasteiger partial charge in [0.2, 0.25) is 5.91 Å². The van der Waals surface area contributed by atoms with Crippen LogP contribution in [0.3, 0.4) is 0 Å². The summed E-state index contributed by atoms with van der Waals surface area (Å²) >= 11 is 0. The molecule has 1 fully saturated rings. The molecule has 1 aromatic carbocycles. The third-order valence-electron chi connectivity index (χ3n) is 3.47. The molecule has 1 aliphatic heterocycles. The number of halogens is 3. The lowest BCUT2D eigenvalue weighted by molar-refractivity contribution is -0.145. The first-order valence-electron chi connectivity index (χ1n) is 6.30. The number of amides is 1. The SMILES string of the molecule is COC(=O)C1CC(=O)N(c2c(C)cccc2C(F)(F)F)C1. The van der Waals surface area contributed by atoms with Crippen LogP contribution in [-0.4, -0.2) is 25.5 Å². The highest BCUT2D eigenvalue weighted by Crippen LogP contribution is 2.40. The second-order valence-electron chi connectivity index (χ2n) is 4.90. The highest BCUT2D eigenvalue weighted by Gasteiger charge is 2.41. The highest BCUT2D eigenvalue weighted by atomic mass is 19.4. The van der Waals surface area contributed by atoms with Gasteiger partial charge in [0.25, 0.3) is 0 Å². The van der Waals surface area contributed by atoms with E-state index in [4.69, 9.17) is 0 Å². The summed E-state index contributed by atoms with van der Waals surface area (Å²) in [6.07, 6.45) is -4.71. The van der Waals surface area contributed by atoms with Crippen LogP contribution in [0.1, 0.15) is 17.5 Å². The number of nitrogens with zero attached hydrogens (tertiary/aromatic N) is 1. The summed E-state index contributed by atoms with van der Waals surface area (Å²) in [5.74, 6) is -1.83. The Labute approximate surface area is 119 Å². The second-order valence-corrected chi connectivity index (χ2v) is 4.90. The van der Waals surface area contributed by atoms with Crippen molar-refractivity contribution in [3.63, 3.8) is 0 Å². The average molecular weight is 301 g/mol. The number of aryl methyl sites for hydroxylation is 1. The summed E-state index contributed by atoms with van der Waals surface area (Å²) in [5.41, 5.74) is -0.716. The lowest BCUT2D eigenvalue weighted by atomic mass is 10.1. The van der Waals surface area contributed by atoms with Gasteiger partial charge in [-0.25, -0.2) is 0 Å². The Morgan fingerprint density at radius 2 is 2.05 bits per heavy atom. The molecular formula is C14H14F3NO3. The number of hydrogen-bond acceptors (Lipinski definition) is 3. The molecule has 1 aromatic rings. The molecule has 0 aromatic heterocycles. The second kappa shape index (κ2) is 5.38. The van der Waals surface area contributed by atoms with E-state index in [2.05, 4.69) is 4.74 Å². The Kier molecular flexibility index (Phi) is 3.93. The van der Waals surface area contributed by atoms with Gasteiger partial charge in [0, 0.05) is 13.0 Å². The maximum absolute atomic E-state index is 13.1. The van der Waals surface area contributed by atoms with Gasteiger partial charge in [0.05, 0.1) is 24.3 Å². The number of anilines is 1. The number of benzene rings is 1. The predicted octanol–water partition coefficient (Wildman–Crippen LogP) is 2.54. The zero-order valence-electron chi connectivity index (χ0n) is 11.5. The van der Waals surface area contributed by atoms with Crippen molar-refractivity contribution in [2.45, 2.75) is 19.5 Å². The van der Waals surface area contributed by atoms with Gasteiger partial charge in [-0.1, -0.05) is 12.1 Å². The van der Waals surface area contributed by atoms with Crippen molar-refractivity contribution in [3.8, 4) is 0 Å². The van der Waals surface area contributed by atoms with Gasteiger partial charge < -0.3 is 9.64 Å². The standard InChI is InChI=1S/C14H14F3NO3/c1-8-4-3-5-10(14(15,16)17)12(8)18-7-9(6-11(18)19)13(20)21-2/h3-5,9H,6-7H2,1-2H3. The maximum atomic E-state index is 13.1. The predicted molar refractivity (Wildman–Crippen MR) is 68.7 cm³/mol. The lowest BCUT2D eigenvalue weighted by Crippen LogP contribution is -2.29. The minimum absolute atomic E-state index is 0.0978. The first-order valence-corrected chi connectivity index (χ1v) is 6.30. The molecule has 4 nitrogen and oxygen atoms in total. The number of esters is 1. The Balaban J connectivity index is 2.43. The third kappa shape index (κ3) is 2.86. The quantitative estimate of drug-likeness (QED) is 0.789. The number of hydrogen-bond donors (Lipinski definition) is 0. The van der Waals surface area contributed by atoms with Crippen molar-refractivity contribution in [2.24, 2.45) is 5.92 Å². The molecule has 0 spiro atoms. The summed E-state index contributed by atoms with van der Waals surface area (Å²) in [4.78, 5) is 24.5. The molecule has 1 saturated heterocycles. The molecule has 0 N–H and O–H groups in total. The molecule has 114 valence electrons. The molecule has 7 heteroatoms. The topological polar surface area (TPSA) is 46.6 Å². The fourth-order valence-corrected chi connectivity index (χ4v) is 2.49. The normalized spacial score (nSPS) is 19.0. The minimum Gasteiger partial charge on any atom is -0.469 e. The van der Waals surface area contributed by atoms with Crippen LogP contribution in [0.25, 0.3) is 0 Å². The van der Waals surface area contributed by atoms with E-state index in [1.807, 2.05) is 0 Å². The van der Waals surface area contributed by atoms with Gasteiger partial charge in [0.1, 0.15) is 0 Å². The number of rotatable bonds is 2. The monoisotopic (exact) mass is 301 g/mol. The summed E-state index contributed by atoms with van der Waals surface area (Å²) in [5, 5.41) is 0. The van der Waals surface area contributed by atoms with E-state index < -0.39 is 29.5 Å². The van der Waals surface area contributed by atoms with Gasteiger partial charge in [-0.05, 0) is 18.6 Å². The van der Waals surface area contributed by atoms with E-state index in [9.17, 15) is 22.8 Å². The van der Waals surface area contributed by atoms with Gasteiger partial charge in [-0.3, -0.25) is 9.59 Å². The summed E-state index contributed by atoms with van der Waals surface area (Å²) < 4.78 is 43.9. The molecule has 1 heterocycles. The molecule has 1 unspecified atom stereocenters. The van der Waals surface area contributed by atoms with Crippen LogP contribution in [0, 0.1) is 12.8 Å². The first kappa shape index (κ1) is 15.3. The maximum Gasteiger partial charge on any atom is 0.418 e. The van der Waals surface area contributed by atoms with Crippen LogP contribution >= 0.6 is 0 Å². The summed E-state index contributed by atoms with van der Waals surface area (Å²) in [7, 11) is 1.18. The van der Waals surface area contributed by atoms with Crippen molar-refractivity contribution >= 4 is 17.6 Å². The molecule has 2 rings (SSSR count). The van der Waals surface area contributed by atoms with Crippen LogP contribution < -0.4 is 4.90 Å². The van der Waals surface area contributed by atoms with Crippen LogP contribution in [0.4, 0.5) is 18.9 Å². The number of alkyl halides is 3. The van der Waals surface area contributed by atoms with E-state index in [0.717, 1.165) is 11.0 Å². The Morgan fingerprint density at radius 1 is 1.38 bits per heavy atom. The first-order chi connectivity index (χ1) is 9.75. The molecule has 0 bridgehead atoms. The number of methoxy groups -OCH3 is 1. The van der Waals surface area contributed by atoms with E-state index in [1.54, 1.807) is 0 Å². The number of ether oxygens (including phenoxy) is 1. The molecule has 0 radical (unpaired) electrons. The zero-order chi connectivity index (χ0) is 15.8. The van der Waals surface area contributed by atoms with Crippen molar-refractivity contribution in [2.75, 3.05) is 18.6 Å². The van der Waals surface area contributed by atoms with E-state index in [1.165, 1.54) is 26.2 Å². The van der Waals surface area contributed by atoms with Crippen molar-refractivity contribution < 1.29 is 27.5 Å². The van der Waals surface area contributed by atoms with Crippen LogP contribution in [-0.2, 0) is 20.5 Å². The number of para-hydroxylation sites is 1.